The van der Waals surface area contributed by atoms with Crippen molar-refractivity contribution in [1.82, 2.24) is 15.0 Å². The summed E-state index contributed by atoms with van der Waals surface area (Å²) in [6.45, 7) is 0. The topological polar surface area (TPSA) is 47.9 Å². The van der Waals surface area contributed by atoms with E-state index in [1.807, 2.05) is 0 Å². The highest BCUT2D eigenvalue weighted by Crippen LogP contribution is 2.63. The van der Waals surface area contributed by atoms with Crippen molar-refractivity contribution in [2.24, 2.45) is 17.8 Å². The molecule has 0 radical (unpaired) electrons. The van der Waals surface area contributed by atoms with Gasteiger partial charge in [-0.15, -0.1) is 0 Å². The second-order valence-electron chi connectivity index (χ2n) is 18.2. The van der Waals surface area contributed by atoms with E-state index >= 15 is 0 Å². The van der Waals surface area contributed by atoms with Crippen LogP contribution in [0.5, 0.6) is 11.5 Å². The number of fused-ring (bicyclic) bond motifs is 9. The van der Waals surface area contributed by atoms with Gasteiger partial charge in [0.05, 0.1) is 5.41 Å². The normalized spacial score (nSPS) is 22.1. The molecule has 0 atom stereocenters. The molecular weight excluding hydrogens is 731 g/mol. The van der Waals surface area contributed by atoms with Crippen LogP contribution in [0.3, 0.4) is 0 Å². The van der Waals surface area contributed by atoms with E-state index in [0.29, 0.717) is 0 Å². The molecule has 7 aromatic carbocycles. The minimum Gasteiger partial charge on any atom is -0.457 e. The standard InChI is InChI=1S/C56H43N3O/c1-2-11-38(12-3-1)39-21-23-40(24-22-39)52-57-53(59-54(58-52)55-32-35-27-36(33-55)29-37(28-35)34-55)43-14-10-13-41(30-43)42-25-26-51-49(31-42)56(48-19-8-9-20-50(48)60-51)46-17-6-4-15-44(46)45-16-5-7-18-47(45)56/h1-26,30-31,35-37H,27-29,32-34H2/t35-,36+,37?,55?. The molecule has 1 spiro atoms. The molecule has 14 rings (SSSR count). The Balaban J connectivity index is 0.952. The molecule has 6 aliphatic rings. The van der Waals surface area contributed by atoms with Gasteiger partial charge in [0.2, 0.25) is 0 Å². The SMILES string of the molecule is c1ccc(-c2ccc(-c3nc(-c4cccc(-c5ccc6c(c5)C5(c7ccccc7O6)c6ccccc6-c6ccccc65)c4)nc(C45CC6C[C@H](C4)C[C@@H](C6)C5)n3)cc2)cc1. The number of rotatable bonds is 5. The Morgan fingerprint density at radius 3 is 1.58 bits per heavy atom. The fourth-order valence-electron chi connectivity index (χ4n) is 12.6. The maximum atomic E-state index is 6.75. The van der Waals surface area contributed by atoms with Gasteiger partial charge in [-0.2, -0.15) is 0 Å². The third-order valence-electron chi connectivity index (χ3n) is 14.7. The molecule has 5 aliphatic carbocycles. The number of hydrogen-bond donors (Lipinski definition) is 0. The molecule has 4 fully saturated rings. The maximum absolute atomic E-state index is 6.75. The maximum Gasteiger partial charge on any atom is 0.163 e. The van der Waals surface area contributed by atoms with Crippen molar-refractivity contribution in [3.8, 4) is 67.7 Å². The van der Waals surface area contributed by atoms with Gasteiger partial charge in [0.15, 0.2) is 11.6 Å². The summed E-state index contributed by atoms with van der Waals surface area (Å²) in [6, 6.07) is 61.3. The van der Waals surface area contributed by atoms with Crippen molar-refractivity contribution in [2.45, 2.75) is 49.4 Å². The van der Waals surface area contributed by atoms with Gasteiger partial charge in [0.25, 0.3) is 0 Å². The van der Waals surface area contributed by atoms with Crippen molar-refractivity contribution in [2.75, 3.05) is 0 Å². The second-order valence-corrected chi connectivity index (χ2v) is 18.2. The van der Waals surface area contributed by atoms with E-state index in [-0.39, 0.29) is 5.41 Å². The van der Waals surface area contributed by atoms with E-state index < -0.39 is 5.41 Å². The summed E-state index contributed by atoms with van der Waals surface area (Å²) in [6.07, 6.45) is 7.73. The fourth-order valence-corrected chi connectivity index (χ4v) is 12.6. The third-order valence-corrected chi connectivity index (χ3v) is 14.7. The highest BCUT2D eigenvalue weighted by Gasteiger charge is 2.54. The van der Waals surface area contributed by atoms with Gasteiger partial charge in [0.1, 0.15) is 17.3 Å². The van der Waals surface area contributed by atoms with Crippen molar-refractivity contribution in [3.05, 3.63) is 198 Å². The highest BCUT2D eigenvalue weighted by atomic mass is 16.5. The Bertz CT molecular complexity index is 2920. The summed E-state index contributed by atoms with van der Waals surface area (Å²) >= 11 is 0. The Kier molecular flexibility index (Phi) is 7.37. The first kappa shape index (κ1) is 34.2. The first-order chi connectivity index (χ1) is 29.6. The number of aromatic nitrogens is 3. The van der Waals surface area contributed by atoms with Gasteiger partial charge >= 0.3 is 0 Å². The van der Waals surface area contributed by atoms with Gasteiger partial charge in [-0.1, -0.05) is 146 Å². The number of nitrogens with zero attached hydrogens (tertiary/aromatic N) is 3. The van der Waals surface area contributed by atoms with Gasteiger partial charge in [-0.05, 0) is 125 Å². The van der Waals surface area contributed by atoms with Crippen LogP contribution < -0.4 is 4.74 Å². The van der Waals surface area contributed by atoms with Crippen LogP contribution in [0.2, 0.25) is 0 Å². The smallest absolute Gasteiger partial charge is 0.163 e. The van der Waals surface area contributed by atoms with Gasteiger partial charge in [0, 0.05) is 27.7 Å². The summed E-state index contributed by atoms with van der Waals surface area (Å²) in [5.41, 5.74) is 13.7. The monoisotopic (exact) mass is 773 g/mol. The van der Waals surface area contributed by atoms with Crippen LogP contribution in [0, 0.1) is 17.8 Å². The molecule has 60 heavy (non-hydrogen) atoms. The lowest BCUT2D eigenvalue weighted by atomic mass is 9.49. The predicted octanol–water partition coefficient (Wildman–Crippen LogP) is 13.5. The lowest BCUT2D eigenvalue weighted by Gasteiger charge is -2.56. The van der Waals surface area contributed by atoms with E-state index in [9.17, 15) is 0 Å². The minimum absolute atomic E-state index is 0.0275. The summed E-state index contributed by atoms with van der Waals surface area (Å²) in [5, 5.41) is 0. The number of hydrogen-bond acceptors (Lipinski definition) is 4. The van der Waals surface area contributed by atoms with Gasteiger partial charge in [-0.3, -0.25) is 0 Å². The molecule has 0 amide bonds. The predicted molar refractivity (Wildman–Crippen MR) is 239 cm³/mol. The van der Waals surface area contributed by atoms with Gasteiger partial charge in [-0.25, -0.2) is 15.0 Å². The molecule has 4 heteroatoms. The Morgan fingerprint density at radius 1 is 0.383 bits per heavy atom. The average Bonchev–Trinajstić information content (AvgIpc) is 3.59. The van der Waals surface area contributed by atoms with E-state index in [4.69, 9.17) is 19.7 Å². The molecule has 0 saturated heterocycles. The third kappa shape index (κ3) is 5.06. The van der Waals surface area contributed by atoms with Crippen LogP contribution in [0.4, 0.5) is 0 Å². The zero-order valence-electron chi connectivity index (χ0n) is 33.4. The second kappa shape index (κ2) is 12.9. The largest absolute Gasteiger partial charge is 0.457 e. The zero-order valence-corrected chi connectivity index (χ0v) is 33.4. The quantitative estimate of drug-likeness (QED) is 0.175. The summed E-state index contributed by atoms with van der Waals surface area (Å²) < 4.78 is 6.75. The van der Waals surface area contributed by atoms with E-state index in [0.717, 1.165) is 74.5 Å². The fraction of sp³-hybridized carbons (Fsp3) is 0.196. The number of ether oxygens (including phenoxy) is 1. The molecule has 2 heterocycles. The molecule has 4 bridgehead atoms. The van der Waals surface area contributed by atoms with Crippen molar-refractivity contribution in [1.29, 1.82) is 0 Å². The Labute approximate surface area is 351 Å². The molecular formula is C56H43N3O. The molecule has 8 aromatic rings. The lowest BCUT2D eigenvalue weighted by Crippen LogP contribution is -2.49. The van der Waals surface area contributed by atoms with Crippen molar-refractivity contribution >= 4 is 0 Å². The van der Waals surface area contributed by atoms with Crippen molar-refractivity contribution < 1.29 is 4.74 Å². The van der Waals surface area contributed by atoms with E-state index in [1.165, 1.54) is 77.5 Å². The van der Waals surface area contributed by atoms with Crippen LogP contribution in [0.15, 0.2) is 170 Å². The first-order valence-electron chi connectivity index (χ1n) is 21.8. The zero-order chi connectivity index (χ0) is 39.4. The molecule has 288 valence electrons. The summed E-state index contributed by atoms with van der Waals surface area (Å²) in [7, 11) is 0. The van der Waals surface area contributed by atoms with Crippen LogP contribution in [0.1, 0.15) is 66.6 Å². The molecule has 0 N–H and O–H groups in total. The first-order valence-corrected chi connectivity index (χ1v) is 21.8. The summed E-state index contributed by atoms with van der Waals surface area (Å²) in [4.78, 5) is 16.2. The van der Waals surface area contributed by atoms with E-state index in [1.54, 1.807) is 0 Å². The van der Waals surface area contributed by atoms with Crippen LogP contribution in [-0.2, 0) is 10.8 Å². The average molecular weight is 774 g/mol. The van der Waals surface area contributed by atoms with Crippen LogP contribution in [-0.4, -0.2) is 15.0 Å². The van der Waals surface area contributed by atoms with Crippen molar-refractivity contribution in [3.63, 3.8) is 0 Å². The van der Waals surface area contributed by atoms with E-state index in [2.05, 4.69) is 170 Å². The summed E-state index contributed by atoms with van der Waals surface area (Å²) in [5.74, 6) is 6.68. The minimum atomic E-state index is -0.517. The van der Waals surface area contributed by atoms with Crippen LogP contribution in [0.25, 0.3) is 56.2 Å². The molecule has 1 aliphatic heterocycles. The molecule has 4 saturated carbocycles. The molecule has 1 aromatic heterocycles. The Morgan fingerprint density at radius 2 is 0.883 bits per heavy atom. The number of para-hydroxylation sites is 1. The van der Waals surface area contributed by atoms with Crippen LogP contribution >= 0.6 is 0 Å². The lowest BCUT2D eigenvalue weighted by molar-refractivity contribution is -0.00938. The highest BCUT2D eigenvalue weighted by molar-refractivity contribution is 5.89. The molecule has 4 nitrogen and oxygen atoms in total. The number of benzene rings is 7. The van der Waals surface area contributed by atoms with Gasteiger partial charge < -0.3 is 4.74 Å². The molecule has 0 unspecified atom stereocenters. The Hall–Kier alpha value is -6.65.